The Balaban J connectivity index is 1.23. The molecule has 0 radical (unpaired) electrons. The Kier molecular flexibility index (Phi) is 6.01. The topological polar surface area (TPSA) is 53.6 Å². The number of alkyl carbamates (subject to hydrolysis) is 1. The summed E-state index contributed by atoms with van der Waals surface area (Å²) in [6.07, 6.45) is 5.25. The lowest BCUT2D eigenvalue weighted by Gasteiger charge is -2.30. The summed E-state index contributed by atoms with van der Waals surface area (Å²) < 4.78 is 5.66. The van der Waals surface area contributed by atoms with Gasteiger partial charge in [0.2, 0.25) is 0 Å². The lowest BCUT2D eigenvalue weighted by molar-refractivity contribution is 0.142. The number of hydrogen-bond acceptors (Lipinski definition) is 4. The number of nitrogens with zero attached hydrogens (tertiary/aromatic N) is 1. The van der Waals surface area contributed by atoms with E-state index in [2.05, 4.69) is 51.8 Å². The molecule has 33 heavy (non-hydrogen) atoms. The third-order valence-corrected chi connectivity index (χ3v) is 6.41. The van der Waals surface area contributed by atoms with E-state index < -0.39 is 6.09 Å². The van der Waals surface area contributed by atoms with E-state index in [9.17, 15) is 4.79 Å². The first-order valence-electron chi connectivity index (χ1n) is 11.4. The summed E-state index contributed by atoms with van der Waals surface area (Å²) in [4.78, 5) is 14.9. The molecule has 0 atom stereocenters. The number of amides is 1. The minimum Gasteiger partial charge on any atom is -0.449 e. The molecule has 0 aromatic heterocycles. The van der Waals surface area contributed by atoms with E-state index in [4.69, 9.17) is 11.2 Å². The first-order chi connectivity index (χ1) is 16.2. The Bertz CT molecular complexity index is 1160. The maximum atomic E-state index is 12.5. The Morgan fingerprint density at radius 1 is 1.03 bits per heavy atom. The molecule has 0 saturated carbocycles. The van der Waals surface area contributed by atoms with Gasteiger partial charge in [-0.1, -0.05) is 54.5 Å². The van der Waals surface area contributed by atoms with Gasteiger partial charge in [0.1, 0.15) is 6.61 Å². The highest BCUT2D eigenvalue weighted by Crippen LogP contribution is 2.44. The summed E-state index contributed by atoms with van der Waals surface area (Å²) >= 11 is 0. The average molecular weight is 438 g/mol. The minimum atomic E-state index is -0.424. The molecule has 1 fully saturated rings. The van der Waals surface area contributed by atoms with Crippen molar-refractivity contribution in [3.05, 3.63) is 89.0 Å². The number of ether oxygens (including phenoxy) is 1. The normalized spacial score (nSPS) is 14.8. The monoisotopic (exact) mass is 437 g/mol. The average Bonchev–Trinajstić information content (AvgIpc) is 3.20. The molecule has 2 aliphatic rings. The number of benzene rings is 3. The van der Waals surface area contributed by atoms with Crippen LogP contribution in [0.5, 0.6) is 0 Å². The minimum absolute atomic E-state index is 0.0484. The van der Waals surface area contributed by atoms with Gasteiger partial charge in [-0.3, -0.25) is 0 Å². The van der Waals surface area contributed by atoms with Crippen LogP contribution in [-0.2, 0) is 11.3 Å². The first-order valence-corrected chi connectivity index (χ1v) is 11.4. The maximum absolute atomic E-state index is 12.5. The molecule has 1 amide bonds. The van der Waals surface area contributed by atoms with Crippen LogP contribution in [0.3, 0.4) is 0 Å². The van der Waals surface area contributed by atoms with Gasteiger partial charge in [-0.2, -0.15) is 0 Å². The molecule has 1 saturated heterocycles. The highest BCUT2D eigenvalue weighted by molar-refractivity contribution is 5.79. The second-order valence-corrected chi connectivity index (χ2v) is 8.45. The van der Waals surface area contributed by atoms with Gasteiger partial charge in [0.15, 0.2) is 0 Å². The van der Waals surface area contributed by atoms with Crippen molar-refractivity contribution in [3.8, 4) is 23.5 Å². The van der Waals surface area contributed by atoms with Gasteiger partial charge in [-0.25, -0.2) is 4.79 Å². The van der Waals surface area contributed by atoms with E-state index in [1.54, 1.807) is 0 Å². The number of hydrogen-bond donors (Lipinski definition) is 2. The number of fused-ring (bicyclic) bond motifs is 3. The summed E-state index contributed by atoms with van der Waals surface area (Å²) in [6, 6.07) is 22.7. The van der Waals surface area contributed by atoms with Crippen LogP contribution < -0.4 is 15.5 Å². The first kappa shape index (κ1) is 21.1. The van der Waals surface area contributed by atoms with Crippen LogP contribution in [0, 0.1) is 12.3 Å². The Labute approximate surface area is 194 Å². The van der Waals surface area contributed by atoms with Crippen LogP contribution in [0.1, 0.15) is 28.2 Å². The molecule has 3 aromatic rings. The van der Waals surface area contributed by atoms with Crippen molar-refractivity contribution in [2.45, 2.75) is 12.5 Å². The molecule has 1 aliphatic heterocycles. The van der Waals surface area contributed by atoms with Crippen LogP contribution in [-0.4, -0.2) is 38.9 Å². The number of nitrogens with one attached hydrogen (secondary N) is 2. The molecule has 3 aromatic carbocycles. The Hall–Kier alpha value is -3.75. The highest BCUT2D eigenvalue weighted by atomic mass is 16.5. The molecule has 1 heterocycles. The van der Waals surface area contributed by atoms with Gasteiger partial charge in [0.25, 0.3) is 0 Å². The SMILES string of the molecule is C#Cc1cc(CNC(=O)OCC2c3ccccc3-c3ccccc32)cc(N2CCNCC2)c1. The zero-order chi connectivity index (χ0) is 22.6. The number of terminal acetylenes is 1. The van der Waals surface area contributed by atoms with Crippen LogP contribution >= 0.6 is 0 Å². The predicted octanol–water partition coefficient (Wildman–Crippen LogP) is 4.12. The second-order valence-electron chi connectivity index (χ2n) is 8.45. The predicted molar refractivity (Wildman–Crippen MR) is 131 cm³/mol. The van der Waals surface area contributed by atoms with Crippen LogP contribution in [0.15, 0.2) is 66.7 Å². The van der Waals surface area contributed by atoms with E-state index in [0.717, 1.165) is 43.0 Å². The van der Waals surface area contributed by atoms with E-state index in [0.29, 0.717) is 13.2 Å². The lowest BCUT2D eigenvalue weighted by atomic mass is 9.98. The third kappa shape index (κ3) is 4.44. The molecule has 5 heteroatoms. The second kappa shape index (κ2) is 9.40. The van der Waals surface area contributed by atoms with Gasteiger partial charge in [0, 0.05) is 49.9 Å². The number of carbonyl (C=O) groups is 1. The van der Waals surface area contributed by atoms with Crippen molar-refractivity contribution >= 4 is 11.8 Å². The fourth-order valence-electron chi connectivity index (χ4n) is 4.79. The summed E-state index contributed by atoms with van der Waals surface area (Å²) in [5.41, 5.74) is 7.71. The number of anilines is 1. The zero-order valence-electron chi connectivity index (χ0n) is 18.5. The molecule has 5 nitrogen and oxygen atoms in total. The molecule has 0 bridgehead atoms. The zero-order valence-corrected chi connectivity index (χ0v) is 18.5. The van der Waals surface area contributed by atoms with Crippen molar-refractivity contribution in [2.24, 2.45) is 0 Å². The van der Waals surface area contributed by atoms with E-state index >= 15 is 0 Å². The fourth-order valence-corrected chi connectivity index (χ4v) is 4.79. The van der Waals surface area contributed by atoms with Gasteiger partial charge in [-0.15, -0.1) is 6.42 Å². The van der Waals surface area contributed by atoms with Gasteiger partial charge in [0.05, 0.1) is 0 Å². The van der Waals surface area contributed by atoms with Crippen molar-refractivity contribution in [1.82, 2.24) is 10.6 Å². The van der Waals surface area contributed by atoms with Gasteiger partial charge < -0.3 is 20.3 Å². The standard InChI is InChI=1S/C28H27N3O2/c1-2-20-15-21(17-22(16-20)31-13-11-29-12-14-31)18-30-28(32)33-19-27-25-9-5-3-7-23(25)24-8-4-6-10-26(24)27/h1,3-10,15-17,27,29H,11-14,18-19H2,(H,30,32). The quantitative estimate of drug-likeness (QED) is 0.590. The van der Waals surface area contributed by atoms with Crippen molar-refractivity contribution in [3.63, 3.8) is 0 Å². The lowest BCUT2D eigenvalue weighted by Crippen LogP contribution is -2.43. The molecule has 0 unspecified atom stereocenters. The van der Waals surface area contributed by atoms with E-state index in [1.807, 2.05) is 36.4 Å². The van der Waals surface area contributed by atoms with E-state index in [1.165, 1.54) is 22.3 Å². The van der Waals surface area contributed by atoms with E-state index in [-0.39, 0.29) is 5.92 Å². The molecule has 2 N–H and O–H groups in total. The van der Waals surface area contributed by atoms with Crippen molar-refractivity contribution in [2.75, 3.05) is 37.7 Å². The van der Waals surface area contributed by atoms with Crippen molar-refractivity contribution < 1.29 is 9.53 Å². The summed E-state index contributed by atoms with van der Waals surface area (Å²) in [7, 11) is 0. The van der Waals surface area contributed by atoms with Crippen molar-refractivity contribution in [1.29, 1.82) is 0 Å². The Morgan fingerprint density at radius 3 is 2.36 bits per heavy atom. The molecule has 0 spiro atoms. The van der Waals surface area contributed by atoms with Crippen LogP contribution in [0.2, 0.25) is 0 Å². The molecule has 166 valence electrons. The smallest absolute Gasteiger partial charge is 0.407 e. The largest absolute Gasteiger partial charge is 0.449 e. The number of carbonyl (C=O) groups excluding carboxylic acids is 1. The highest BCUT2D eigenvalue weighted by Gasteiger charge is 2.29. The molecular formula is C28H27N3O2. The van der Waals surface area contributed by atoms with Gasteiger partial charge in [-0.05, 0) is 46.0 Å². The summed E-state index contributed by atoms with van der Waals surface area (Å²) in [5.74, 6) is 2.78. The van der Waals surface area contributed by atoms with Crippen LogP contribution in [0.4, 0.5) is 10.5 Å². The third-order valence-electron chi connectivity index (χ3n) is 6.41. The summed E-state index contributed by atoms with van der Waals surface area (Å²) in [6.45, 7) is 4.45. The fraction of sp³-hybridized carbons (Fsp3) is 0.250. The number of piperazine rings is 1. The number of rotatable bonds is 5. The summed E-state index contributed by atoms with van der Waals surface area (Å²) in [5, 5.41) is 6.25. The molecular weight excluding hydrogens is 410 g/mol. The van der Waals surface area contributed by atoms with Crippen LogP contribution in [0.25, 0.3) is 11.1 Å². The Morgan fingerprint density at radius 2 is 1.70 bits per heavy atom. The molecule has 5 rings (SSSR count). The maximum Gasteiger partial charge on any atom is 0.407 e. The molecule has 1 aliphatic carbocycles. The van der Waals surface area contributed by atoms with Gasteiger partial charge >= 0.3 is 6.09 Å².